The molecule has 4 atom stereocenters. The summed E-state index contributed by atoms with van der Waals surface area (Å²) in [6.07, 6.45) is 3.75. The zero-order valence-electron chi connectivity index (χ0n) is 22.5. The maximum Gasteiger partial charge on any atom is 0.240 e. The van der Waals surface area contributed by atoms with E-state index in [1.54, 1.807) is 42.1 Å². The van der Waals surface area contributed by atoms with Crippen molar-refractivity contribution in [2.24, 2.45) is 0 Å². The average Bonchev–Trinajstić information content (AvgIpc) is 3.57. The van der Waals surface area contributed by atoms with Crippen molar-refractivity contribution in [3.8, 4) is 17.4 Å². The van der Waals surface area contributed by atoms with Crippen LogP contribution in [0, 0.1) is 6.92 Å². The molecule has 0 saturated carbocycles. The number of pyridine rings is 1. The van der Waals surface area contributed by atoms with Crippen LogP contribution in [0.15, 0.2) is 30.6 Å². The van der Waals surface area contributed by atoms with Crippen LogP contribution in [0.3, 0.4) is 0 Å². The summed E-state index contributed by atoms with van der Waals surface area (Å²) in [6.45, 7) is 9.69. The monoisotopic (exact) mass is 545 g/mol. The molecular formula is C25H35N7O5S. The van der Waals surface area contributed by atoms with Crippen molar-refractivity contribution in [1.82, 2.24) is 29.7 Å². The van der Waals surface area contributed by atoms with Crippen LogP contribution in [0.25, 0.3) is 11.5 Å². The molecule has 0 unspecified atom stereocenters. The predicted octanol–water partition coefficient (Wildman–Crippen LogP) is 3.48. The largest absolute Gasteiger partial charge is 0.481 e. The fourth-order valence-electron chi connectivity index (χ4n) is 4.33. The number of hydrogen-bond donors (Lipinski definition) is 1. The molecule has 38 heavy (non-hydrogen) atoms. The van der Waals surface area contributed by atoms with Gasteiger partial charge < -0.3 is 14.2 Å². The van der Waals surface area contributed by atoms with Gasteiger partial charge in [0.25, 0.3) is 0 Å². The first-order valence-corrected chi connectivity index (χ1v) is 14.2. The van der Waals surface area contributed by atoms with E-state index in [1.807, 2.05) is 27.7 Å². The van der Waals surface area contributed by atoms with E-state index in [4.69, 9.17) is 14.2 Å². The quantitative estimate of drug-likeness (QED) is 0.380. The lowest BCUT2D eigenvalue weighted by Gasteiger charge is -2.27. The zero-order valence-corrected chi connectivity index (χ0v) is 23.3. The van der Waals surface area contributed by atoms with Crippen molar-refractivity contribution in [3.63, 3.8) is 0 Å². The number of rotatable bonds is 11. The normalized spacial score (nSPS) is 18.3. The maximum atomic E-state index is 13.7. The van der Waals surface area contributed by atoms with Gasteiger partial charge in [-0.3, -0.25) is 9.29 Å². The molecule has 0 bridgehead atoms. The molecule has 3 aromatic heterocycles. The van der Waals surface area contributed by atoms with Crippen LogP contribution in [0.1, 0.15) is 64.1 Å². The summed E-state index contributed by atoms with van der Waals surface area (Å²) in [4.78, 5) is 13.2. The Morgan fingerprint density at radius 1 is 1.13 bits per heavy atom. The van der Waals surface area contributed by atoms with Gasteiger partial charge in [0.05, 0.1) is 25.4 Å². The standard InChI is InChI=1S/C25H35N7O5S/c1-15(2)37-22(23-26-13-16(3)14-27-23)18(5)38(33,34)31-25-30-29-24(19-9-7-11-21(28-19)35-6)32(25)17(4)20-10-8-12-36-20/h7,9,11,13-15,17-18,20,22H,8,10,12H2,1-6H3,(H,30,31)/t17-,18-,20+,22+/m0/s1. The highest BCUT2D eigenvalue weighted by Gasteiger charge is 2.37. The topological polar surface area (TPSA) is 143 Å². The second-order valence-corrected chi connectivity index (χ2v) is 11.7. The zero-order chi connectivity index (χ0) is 27.4. The van der Waals surface area contributed by atoms with Gasteiger partial charge in [-0.15, -0.1) is 10.2 Å². The van der Waals surface area contributed by atoms with Crippen molar-refractivity contribution < 1.29 is 22.6 Å². The summed E-state index contributed by atoms with van der Waals surface area (Å²) in [5, 5.41) is 7.50. The molecule has 1 aliphatic heterocycles. The van der Waals surface area contributed by atoms with Gasteiger partial charge in [-0.2, -0.15) is 0 Å². The van der Waals surface area contributed by atoms with Gasteiger partial charge >= 0.3 is 0 Å². The number of methoxy groups -OCH3 is 1. The first kappa shape index (κ1) is 27.9. The fraction of sp³-hybridized carbons (Fsp3) is 0.560. The summed E-state index contributed by atoms with van der Waals surface area (Å²) >= 11 is 0. The van der Waals surface area contributed by atoms with Gasteiger partial charge in [0.2, 0.25) is 21.9 Å². The van der Waals surface area contributed by atoms with E-state index in [1.165, 1.54) is 7.11 Å². The highest BCUT2D eigenvalue weighted by Crippen LogP contribution is 2.33. The highest BCUT2D eigenvalue weighted by molar-refractivity contribution is 7.93. The van der Waals surface area contributed by atoms with Gasteiger partial charge in [-0.1, -0.05) is 6.07 Å². The Balaban J connectivity index is 1.71. The minimum Gasteiger partial charge on any atom is -0.481 e. The number of aromatic nitrogens is 6. The molecule has 1 saturated heterocycles. The molecule has 1 N–H and O–H groups in total. The summed E-state index contributed by atoms with van der Waals surface area (Å²) < 4.78 is 49.0. The molecule has 0 amide bonds. The number of hydrogen-bond acceptors (Lipinski definition) is 10. The molecule has 1 fully saturated rings. The third kappa shape index (κ3) is 6.11. The molecule has 3 aromatic rings. The molecule has 0 radical (unpaired) electrons. The molecule has 0 aliphatic carbocycles. The Morgan fingerprint density at radius 2 is 1.87 bits per heavy atom. The van der Waals surface area contributed by atoms with Crippen molar-refractivity contribution in [3.05, 3.63) is 42.0 Å². The lowest BCUT2D eigenvalue weighted by atomic mass is 10.1. The SMILES string of the molecule is COc1cccc(-c2nnc(NS(=O)(=O)[C@@H](C)[C@@H](OC(C)C)c3ncc(C)cn3)n2[C@@H](C)[C@H]2CCCO2)n1. The Kier molecular flexibility index (Phi) is 8.58. The van der Waals surface area contributed by atoms with E-state index >= 15 is 0 Å². The van der Waals surface area contributed by atoms with Crippen molar-refractivity contribution in [2.75, 3.05) is 18.4 Å². The molecule has 12 nitrogen and oxygen atoms in total. The third-order valence-electron chi connectivity index (χ3n) is 6.39. The van der Waals surface area contributed by atoms with Crippen LogP contribution >= 0.6 is 0 Å². The van der Waals surface area contributed by atoms with E-state index in [2.05, 4.69) is 29.9 Å². The summed E-state index contributed by atoms with van der Waals surface area (Å²) in [6, 6.07) is 5.01. The van der Waals surface area contributed by atoms with E-state index in [0.29, 0.717) is 24.0 Å². The van der Waals surface area contributed by atoms with E-state index < -0.39 is 21.4 Å². The smallest absolute Gasteiger partial charge is 0.240 e. The number of nitrogens with one attached hydrogen (secondary N) is 1. The first-order chi connectivity index (χ1) is 18.1. The number of aryl methyl sites for hydroxylation is 1. The van der Waals surface area contributed by atoms with Crippen molar-refractivity contribution in [2.45, 2.75) is 77.1 Å². The Bertz CT molecular complexity index is 1320. The Labute approximate surface area is 223 Å². The van der Waals surface area contributed by atoms with Crippen LogP contribution in [0.2, 0.25) is 0 Å². The van der Waals surface area contributed by atoms with Gasteiger partial charge in [-0.25, -0.2) is 23.4 Å². The van der Waals surface area contributed by atoms with E-state index in [0.717, 1.165) is 18.4 Å². The molecule has 0 aromatic carbocycles. The van der Waals surface area contributed by atoms with Crippen molar-refractivity contribution >= 4 is 16.0 Å². The van der Waals surface area contributed by atoms with Gasteiger partial charge in [0.15, 0.2) is 11.6 Å². The molecule has 4 rings (SSSR count). The van der Waals surface area contributed by atoms with Crippen LogP contribution in [0.5, 0.6) is 5.88 Å². The van der Waals surface area contributed by atoms with Crippen LogP contribution in [-0.2, 0) is 19.5 Å². The average molecular weight is 546 g/mol. The molecule has 13 heteroatoms. The highest BCUT2D eigenvalue weighted by atomic mass is 32.2. The lowest BCUT2D eigenvalue weighted by Crippen LogP contribution is -2.35. The number of nitrogens with zero attached hydrogens (tertiary/aromatic N) is 6. The number of ether oxygens (including phenoxy) is 3. The predicted molar refractivity (Wildman–Crippen MR) is 141 cm³/mol. The number of anilines is 1. The van der Waals surface area contributed by atoms with E-state index in [-0.39, 0.29) is 30.0 Å². The maximum absolute atomic E-state index is 13.7. The summed E-state index contributed by atoms with van der Waals surface area (Å²) in [7, 11) is -2.51. The van der Waals surface area contributed by atoms with Crippen LogP contribution < -0.4 is 9.46 Å². The fourth-order valence-corrected chi connectivity index (χ4v) is 5.42. The summed E-state index contributed by atoms with van der Waals surface area (Å²) in [5.74, 6) is 1.16. The second kappa shape index (κ2) is 11.7. The Morgan fingerprint density at radius 3 is 2.50 bits per heavy atom. The number of sulfonamides is 1. The van der Waals surface area contributed by atoms with Crippen LogP contribution in [-0.4, -0.2) is 69.3 Å². The van der Waals surface area contributed by atoms with E-state index in [9.17, 15) is 8.42 Å². The van der Waals surface area contributed by atoms with Gasteiger partial charge in [0.1, 0.15) is 17.0 Å². The molecule has 0 spiro atoms. The van der Waals surface area contributed by atoms with Crippen LogP contribution in [0.4, 0.5) is 5.95 Å². The second-order valence-electron chi connectivity index (χ2n) is 9.65. The minimum absolute atomic E-state index is 0.0626. The molecule has 1 aliphatic rings. The first-order valence-electron chi connectivity index (χ1n) is 12.6. The minimum atomic E-state index is -4.04. The molecular weight excluding hydrogens is 510 g/mol. The Hall–Kier alpha value is -3.16. The van der Waals surface area contributed by atoms with Gasteiger partial charge in [0, 0.05) is 25.1 Å². The molecule has 4 heterocycles. The lowest BCUT2D eigenvalue weighted by molar-refractivity contribution is 0.00152. The molecule has 206 valence electrons. The van der Waals surface area contributed by atoms with Crippen molar-refractivity contribution in [1.29, 1.82) is 0 Å². The summed E-state index contributed by atoms with van der Waals surface area (Å²) in [5.41, 5.74) is 1.36. The third-order valence-corrected chi connectivity index (χ3v) is 8.08. The van der Waals surface area contributed by atoms with Gasteiger partial charge in [-0.05, 0) is 59.1 Å².